The molecule has 138 valence electrons. The number of furan rings is 1. The summed E-state index contributed by atoms with van der Waals surface area (Å²) in [6, 6.07) is 24.2. The summed E-state index contributed by atoms with van der Waals surface area (Å²) in [5, 5.41) is 6.05. The highest BCUT2D eigenvalue weighted by Gasteiger charge is 2.13. The molecule has 0 bridgehead atoms. The van der Waals surface area contributed by atoms with Crippen LogP contribution >= 0.6 is 0 Å². The van der Waals surface area contributed by atoms with E-state index < -0.39 is 0 Å². The summed E-state index contributed by atoms with van der Waals surface area (Å²) in [5.41, 5.74) is 1.81. The smallest absolute Gasteiger partial charge is 0.274 e. The Labute approximate surface area is 162 Å². The Balaban J connectivity index is 1.64. The Morgan fingerprint density at radius 2 is 1.64 bits per heavy atom. The van der Waals surface area contributed by atoms with Gasteiger partial charge in [-0.25, -0.2) is 9.97 Å². The van der Waals surface area contributed by atoms with Crippen LogP contribution in [0.2, 0.25) is 0 Å². The molecule has 0 fully saturated rings. The lowest BCUT2D eigenvalue weighted by atomic mass is 10.2. The number of hydrogen-bond donors (Lipinski definition) is 2. The second-order valence-corrected chi connectivity index (χ2v) is 6.08. The molecule has 6 nitrogen and oxygen atoms in total. The molecule has 28 heavy (non-hydrogen) atoms. The molecule has 4 aromatic rings. The number of hydrogen-bond acceptors (Lipinski definition) is 5. The van der Waals surface area contributed by atoms with Gasteiger partial charge in [0.1, 0.15) is 17.3 Å². The van der Waals surface area contributed by atoms with Crippen LogP contribution in [0, 0.1) is 0 Å². The van der Waals surface area contributed by atoms with Crippen LogP contribution in [0.25, 0.3) is 11.4 Å². The van der Waals surface area contributed by atoms with Crippen molar-refractivity contribution in [3.05, 3.63) is 96.6 Å². The molecule has 2 aromatic carbocycles. The second kappa shape index (κ2) is 8.18. The molecule has 2 aromatic heterocycles. The van der Waals surface area contributed by atoms with Crippen LogP contribution in [0.15, 0.2) is 89.5 Å². The molecule has 0 aliphatic heterocycles. The van der Waals surface area contributed by atoms with Gasteiger partial charge in [-0.1, -0.05) is 48.5 Å². The summed E-state index contributed by atoms with van der Waals surface area (Å²) in [6.45, 7) is 0.456. The molecule has 0 unspecified atom stereocenters. The molecule has 0 saturated carbocycles. The van der Waals surface area contributed by atoms with Crippen molar-refractivity contribution in [2.75, 3.05) is 10.6 Å². The first-order valence-corrected chi connectivity index (χ1v) is 8.85. The number of nitrogens with one attached hydrogen (secondary N) is 2. The van der Waals surface area contributed by atoms with Gasteiger partial charge < -0.3 is 15.1 Å². The molecule has 0 aliphatic carbocycles. The molecule has 2 N–H and O–H groups in total. The van der Waals surface area contributed by atoms with Gasteiger partial charge in [0.25, 0.3) is 5.91 Å². The highest BCUT2D eigenvalue weighted by molar-refractivity contribution is 6.03. The van der Waals surface area contributed by atoms with E-state index in [-0.39, 0.29) is 11.6 Å². The van der Waals surface area contributed by atoms with Gasteiger partial charge >= 0.3 is 0 Å². The van der Waals surface area contributed by atoms with Gasteiger partial charge in [0.05, 0.1) is 12.8 Å². The lowest BCUT2D eigenvalue weighted by Crippen LogP contribution is -2.15. The first-order chi connectivity index (χ1) is 13.8. The van der Waals surface area contributed by atoms with Gasteiger partial charge in [0.2, 0.25) is 0 Å². The SMILES string of the molecule is O=C(Nc1ccccc1)c1cc(NCc2ccco2)nc(-c2ccccc2)n1. The average molecular weight is 370 g/mol. The zero-order chi connectivity index (χ0) is 19.2. The third-order valence-corrected chi connectivity index (χ3v) is 4.05. The summed E-state index contributed by atoms with van der Waals surface area (Å²) >= 11 is 0. The molecule has 6 heteroatoms. The van der Waals surface area contributed by atoms with Crippen molar-refractivity contribution < 1.29 is 9.21 Å². The molecular formula is C22H18N4O2. The van der Waals surface area contributed by atoms with Crippen molar-refractivity contribution in [1.29, 1.82) is 0 Å². The maximum atomic E-state index is 12.7. The Kier molecular flexibility index (Phi) is 5.11. The molecule has 0 atom stereocenters. The van der Waals surface area contributed by atoms with Crippen LogP contribution < -0.4 is 10.6 Å². The van der Waals surface area contributed by atoms with Crippen molar-refractivity contribution >= 4 is 17.4 Å². The Bertz CT molecular complexity index is 1050. The maximum Gasteiger partial charge on any atom is 0.274 e. The van der Waals surface area contributed by atoms with E-state index in [2.05, 4.69) is 20.6 Å². The predicted octanol–water partition coefficient (Wildman–Crippen LogP) is 4.60. The zero-order valence-corrected chi connectivity index (χ0v) is 15.0. The van der Waals surface area contributed by atoms with E-state index in [1.54, 1.807) is 12.3 Å². The van der Waals surface area contributed by atoms with Gasteiger partial charge in [-0.2, -0.15) is 0 Å². The Morgan fingerprint density at radius 3 is 2.36 bits per heavy atom. The van der Waals surface area contributed by atoms with E-state index in [0.717, 1.165) is 11.3 Å². The van der Waals surface area contributed by atoms with E-state index in [9.17, 15) is 4.79 Å². The van der Waals surface area contributed by atoms with Gasteiger partial charge in [0.15, 0.2) is 5.82 Å². The largest absolute Gasteiger partial charge is 0.467 e. The standard InChI is InChI=1S/C22H18N4O2/c27-22(24-17-10-5-2-6-11-17)19-14-20(23-15-18-12-7-13-28-18)26-21(25-19)16-8-3-1-4-9-16/h1-14H,15H2,(H,24,27)(H,23,25,26). The quantitative estimate of drug-likeness (QED) is 0.518. The monoisotopic (exact) mass is 370 g/mol. The fraction of sp³-hybridized carbons (Fsp3) is 0.0455. The summed E-state index contributed by atoms with van der Waals surface area (Å²) in [5.74, 6) is 1.49. The fourth-order valence-corrected chi connectivity index (χ4v) is 2.68. The molecule has 0 radical (unpaired) electrons. The molecule has 0 spiro atoms. The van der Waals surface area contributed by atoms with Gasteiger partial charge in [-0.3, -0.25) is 4.79 Å². The highest BCUT2D eigenvalue weighted by atomic mass is 16.3. The number of anilines is 2. The molecule has 1 amide bonds. The molecule has 4 rings (SSSR count). The minimum atomic E-state index is -0.299. The molecule has 0 aliphatic rings. The van der Waals surface area contributed by atoms with E-state index in [1.807, 2.05) is 72.8 Å². The third kappa shape index (κ3) is 4.24. The Morgan fingerprint density at radius 1 is 0.893 bits per heavy atom. The van der Waals surface area contributed by atoms with Gasteiger partial charge in [-0.05, 0) is 24.3 Å². The number of carbonyl (C=O) groups excluding carboxylic acids is 1. The first-order valence-electron chi connectivity index (χ1n) is 8.85. The van der Waals surface area contributed by atoms with Crippen LogP contribution in [-0.4, -0.2) is 15.9 Å². The molecule has 0 saturated heterocycles. The summed E-state index contributed by atoms with van der Waals surface area (Å²) in [6.07, 6.45) is 1.62. The number of para-hydroxylation sites is 1. The van der Waals surface area contributed by atoms with Crippen molar-refractivity contribution in [3.63, 3.8) is 0 Å². The second-order valence-electron chi connectivity index (χ2n) is 6.08. The van der Waals surface area contributed by atoms with E-state index >= 15 is 0 Å². The maximum absolute atomic E-state index is 12.7. The normalized spacial score (nSPS) is 10.4. The Hall–Kier alpha value is -3.93. The number of amides is 1. The van der Waals surface area contributed by atoms with E-state index in [4.69, 9.17) is 4.42 Å². The van der Waals surface area contributed by atoms with Crippen LogP contribution in [0.4, 0.5) is 11.5 Å². The number of aromatic nitrogens is 2. The number of benzene rings is 2. The molecule has 2 heterocycles. The van der Waals surface area contributed by atoms with E-state index in [1.165, 1.54) is 0 Å². The summed E-state index contributed by atoms with van der Waals surface area (Å²) in [7, 11) is 0. The minimum Gasteiger partial charge on any atom is -0.467 e. The average Bonchev–Trinajstić information content (AvgIpc) is 3.27. The van der Waals surface area contributed by atoms with Crippen LogP contribution in [0.3, 0.4) is 0 Å². The van der Waals surface area contributed by atoms with Crippen LogP contribution in [-0.2, 0) is 6.54 Å². The van der Waals surface area contributed by atoms with E-state index in [0.29, 0.717) is 23.9 Å². The minimum absolute atomic E-state index is 0.277. The first kappa shape index (κ1) is 17.5. The highest BCUT2D eigenvalue weighted by Crippen LogP contribution is 2.19. The fourth-order valence-electron chi connectivity index (χ4n) is 2.68. The third-order valence-electron chi connectivity index (χ3n) is 4.05. The van der Waals surface area contributed by atoms with Gasteiger partial charge in [-0.15, -0.1) is 0 Å². The predicted molar refractivity (Wildman–Crippen MR) is 108 cm³/mol. The van der Waals surface area contributed by atoms with Crippen LogP contribution in [0.5, 0.6) is 0 Å². The summed E-state index contributed by atoms with van der Waals surface area (Å²) in [4.78, 5) is 21.7. The summed E-state index contributed by atoms with van der Waals surface area (Å²) < 4.78 is 5.34. The topological polar surface area (TPSA) is 80.0 Å². The van der Waals surface area contributed by atoms with Crippen LogP contribution in [0.1, 0.15) is 16.2 Å². The van der Waals surface area contributed by atoms with Crippen molar-refractivity contribution in [2.24, 2.45) is 0 Å². The van der Waals surface area contributed by atoms with Gasteiger partial charge in [0, 0.05) is 17.3 Å². The lowest BCUT2D eigenvalue weighted by molar-refractivity contribution is 0.102. The van der Waals surface area contributed by atoms with Crippen molar-refractivity contribution in [1.82, 2.24) is 9.97 Å². The molecular weight excluding hydrogens is 352 g/mol. The number of rotatable bonds is 6. The lowest BCUT2D eigenvalue weighted by Gasteiger charge is -2.10. The number of carbonyl (C=O) groups is 1. The van der Waals surface area contributed by atoms with Crippen molar-refractivity contribution in [3.8, 4) is 11.4 Å². The zero-order valence-electron chi connectivity index (χ0n) is 15.0. The van der Waals surface area contributed by atoms with Crippen molar-refractivity contribution in [2.45, 2.75) is 6.54 Å². The number of nitrogens with zero attached hydrogens (tertiary/aromatic N) is 2.